The van der Waals surface area contributed by atoms with E-state index in [4.69, 9.17) is 0 Å². The highest BCUT2D eigenvalue weighted by Gasteiger charge is 2.39. The van der Waals surface area contributed by atoms with Gasteiger partial charge in [0.25, 0.3) is 0 Å². The van der Waals surface area contributed by atoms with Crippen molar-refractivity contribution < 1.29 is 4.39 Å². The zero-order valence-electron chi connectivity index (χ0n) is 12.0. The van der Waals surface area contributed by atoms with Crippen LogP contribution in [0.4, 0.5) is 4.39 Å². The first-order chi connectivity index (χ1) is 9.59. The summed E-state index contributed by atoms with van der Waals surface area (Å²) in [6.07, 6.45) is 0.969. The van der Waals surface area contributed by atoms with Gasteiger partial charge >= 0.3 is 0 Å². The van der Waals surface area contributed by atoms with Crippen molar-refractivity contribution in [2.75, 3.05) is 13.1 Å². The first-order valence-electron chi connectivity index (χ1n) is 7.12. The van der Waals surface area contributed by atoms with Gasteiger partial charge in [-0.2, -0.15) is 0 Å². The second-order valence-corrected chi connectivity index (χ2v) is 6.00. The highest BCUT2D eigenvalue weighted by atomic mass is 19.1. The molecule has 104 valence electrons. The van der Waals surface area contributed by atoms with Gasteiger partial charge in [-0.3, -0.25) is 0 Å². The topological polar surface area (TPSA) is 12.0 Å². The summed E-state index contributed by atoms with van der Waals surface area (Å²) in [5, 5.41) is 3.35. The monoisotopic (exact) mass is 269 g/mol. The molecule has 1 saturated heterocycles. The molecule has 1 aliphatic heterocycles. The Hall–Kier alpha value is -1.67. The molecule has 1 fully saturated rings. The molecule has 0 atom stereocenters. The van der Waals surface area contributed by atoms with Crippen molar-refractivity contribution in [1.82, 2.24) is 5.32 Å². The number of rotatable bonds is 3. The van der Waals surface area contributed by atoms with E-state index in [-0.39, 0.29) is 11.2 Å². The predicted octanol–water partition coefficient (Wildman–Crippen LogP) is 3.53. The third kappa shape index (κ3) is 2.36. The molecule has 2 aromatic carbocycles. The largest absolute Gasteiger partial charge is 0.315 e. The molecule has 20 heavy (non-hydrogen) atoms. The van der Waals surface area contributed by atoms with Crippen LogP contribution < -0.4 is 5.32 Å². The summed E-state index contributed by atoms with van der Waals surface area (Å²) in [4.78, 5) is 0. The number of aryl methyl sites for hydroxylation is 2. The molecule has 2 aromatic rings. The van der Waals surface area contributed by atoms with E-state index >= 15 is 0 Å². The summed E-state index contributed by atoms with van der Waals surface area (Å²) in [7, 11) is 0. The van der Waals surface area contributed by atoms with Crippen molar-refractivity contribution in [1.29, 1.82) is 0 Å². The Kier molecular flexibility index (Phi) is 3.35. The maximum Gasteiger partial charge on any atom is 0.123 e. The van der Waals surface area contributed by atoms with E-state index in [1.54, 1.807) is 6.07 Å². The third-order valence-electron chi connectivity index (χ3n) is 4.40. The Morgan fingerprint density at radius 2 is 1.90 bits per heavy atom. The zero-order chi connectivity index (χ0) is 14.2. The number of hydrogen-bond acceptors (Lipinski definition) is 1. The lowest BCUT2D eigenvalue weighted by Gasteiger charge is -2.44. The first-order valence-corrected chi connectivity index (χ1v) is 7.12. The number of hydrogen-bond donors (Lipinski definition) is 1. The predicted molar refractivity (Wildman–Crippen MR) is 80.6 cm³/mol. The summed E-state index contributed by atoms with van der Waals surface area (Å²) in [6.45, 7) is 6.12. The van der Waals surface area contributed by atoms with E-state index in [1.165, 1.54) is 22.8 Å². The lowest BCUT2D eigenvalue weighted by Crippen LogP contribution is -2.58. The molecule has 1 aliphatic rings. The fraction of sp³-hybridized carbons (Fsp3) is 0.333. The molecule has 0 amide bonds. The summed E-state index contributed by atoms with van der Waals surface area (Å²) >= 11 is 0. The van der Waals surface area contributed by atoms with Crippen molar-refractivity contribution in [3.05, 3.63) is 70.5 Å². The normalized spacial score (nSPS) is 16.8. The highest BCUT2D eigenvalue weighted by Crippen LogP contribution is 2.34. The fourth-order valence-electron chi connectivity index (χ4n) is 3.03. The average Bonchev–Trinajstić information content (AvgIpc) is 2.38. The van der Waals surface area contributed by atoms with Gasteiger partial charge in [-0.15, -0.1) is 0 Å². The molecular weight excluding hydrogens is 249 g/mol. The molecule has 2 heteroatoms. The second kappa shape index (κ2) is 5.02. The van der Waals surface area contributed by atoms with Crippen LogP contribution in [0.3, 0.4) is 0 Å². The van der Waals surface area contributed by atoms with E-state index in [2.05, 4.69) is 43.4 Å². The molecule has 0 aromatic heterocycles. The summed E-state index contributed by atoms with van der Waals surface area (Å²) in [5.41, 5.74) is 5.12. The maximum absolute atomic E-state index is 13.5. The van der Waals surface area contributed by atoms with Crippen LogP contribution >= 0.6 is 0 Å². The van der Waals surface area contributed by atoms with Crippen molar-refractivity contribution in [3.63, 3.8) is 0 Å². The summed E-state index contributed by atoms with van der Waals surface area (Å²) < 4.78 is 13.5. The van der Waals surface area contributed by atoms with Gasteiger partial charge in [-0.05, 0) is 49.1 Å². The number of halogens is 1. The first kappa shape index (κ1) is 13.3. The molecule has 0 bridgehead atoms. The van der Waals surface area contributed by atoms with Crippen molar-refractivity contribution in [2.45, 2.75) is 25.7 Å². The molecule has 0 spiro atoms. The van der Waals surface area contributed by atoms with Crippen molar-refractivity contribution in [3.8, 4) is 0 Å². The molecule has 0 aliphatic carbocycles. The van der Waals surface area contributed by atoms with Crippen LogP contribution in [0.2, 0.25) is 0 Å². The van der Waals surface area contributed by atoms with E-state index in [1.807, 2.05) is 6.07 Å². The second-order valence-electron chi connectivity index (χ2n) is 6.00. The van der Waals surface area contributed by atoms with Gasteiger partial charge in [0.1, 0.15) is 5.82 Å². The summed E-state index contributed by atoms with van der Waals surface area (Å²) in [6, 6.07) is 13.6. The molecular formula is C18H20FN. The van der Waals surface area contributed by atoms with Crippen LogP contribution in [0.5, 0.6) is 0 Å². The Balaban J connectivity index is 1.96. The standard InChI is InChI=1S/C18H20FN/c1-13-6-7-14(2)15(8-13)10-18(11-20-12-18)16-4-3-5-17(19)9-16/h3-9,20H,10-12H2,1-2H3. The molecule has 1 heterocycles. The van der Waals surface area contributed by atoms with Crippen LogP contribution in [-0.2, 0) is 11.8 Å². The van der Waals surface area contributed by atoms with Gasteiger partial charge in [0.2, 0.25) is 0 Å². The van der Waals surface area contributed by atoms with Crippen LogP contribution in [0.25, 0.3) is 0 Å². The highest BCUT2D eigenvalue weighted by molar-refractivity contribution is 5.38. The van der Waals surface area contributed by atoms with E-state index in [0.29, 0.717) is 0 Å². The number of nitrogens with one attached hydrogen (secondary N) is 1. The molecule has 0 saturated carbocycles. The molecule has 3 rings (SSSR count). The van der Waals surface area contributed by atoms with Crippen molar-refractivity contribution >= 4 is 0 Å². The van der Waals surface area contributed by atoms with Gasteiger partial charge in [-0.1, -0.05) is 35.9 Å². The van der Waals surface area contributed by atoms with Crippen LogP contribution in [-0.4, -0.2) is 13.1 Å². The SMILES string of the molecule is Cc1ccc(C)c(CC2(c3cccc(F)c3)CNC2)c1. The third-order valence-corrected chi connectivity index (χ3v) is 4.40. The molecule has 0 radical (unpaired) electrons. The van der Waals surface area contributed by atoms with Gasteiger partial charge in [0.15, 0.2) is 0 Å². The molecule has 0 unspecified atom stereocenters. The van der Waals surface area contributed by atoms with Gasteiger partial charge in [-0.25, -0.2) is 4.39 Å². The van der Waals surface area contributed by atoms with E-state index in [0.717, 1.165) is 25.1 Å². The fourth-order valence-corrected chi connectivity index (χ4v) is 3.03. The lowest BCUT2D eigenvalue weighted by molar-refractivity contribution is 0.273. The Morgan fingerprint density at radius 3 is 2.55 bits per heavy atom. The zero-order valence-corrected chi connectivity index (χ0v) is 12.0. The quantitative estimate of drug-likeness (QED) is 0.899. The molecule has 1 nitrogen and oxygen atoms in total. The van der Waals surface area contributed by atoms with Crippen LogP contribution in [0.15, 0.2) is 42.5 Å². The Labute approximate surface area is 119 Å². The minimum absolute atomic E-state index is 0.0423. The van der Waals surface area contributed by atoms with Gasteiger partial charge in [0.05, 0.1) is 0 Å². The Morgan fingerprint density at radius 1 is 1.10 bits per heavy atom. The lowest BCUT2D eigenvalue weighted by atomic mass is 9.70. The van der Waals surface area contributed by atoms with Crippen molar-refractivity contribution in [2.24, 2.45) is 0 Å². The van der Waals surface area contributed by atoms with Gasteiger partial charge in [0, 0.05) is 18.5 Å². The van der Waals surface area contributed by atoms with Crippen LogP contribution in [0, 0.1) is 19.7 Å². The minimum atomic E-state index is -0.144. The average molecular weight is 269 g/mol. The maximum atomic E-state index is 13.5. The summed E-state index contributed by atoms with van der Waals surface area (Å²) in [5.74, 6) is -0.144. The number of benzene rings is 2. The minimum Gasteiger partial charge on any atom is -0.315 e. The van der Waals surface area contributed by atoms with Crippen LogP contribution in [0.1, 0.15) is 22.3 Å². The van der Waals surface area contributed by atoms with E-state index in [9.17, 15) is 4.39 Å². The smallest absolute Gasteiger partial charge is 0.123 e. The molecule has 1 N–H and O–H groups in total. The van der Waals surface area contributed by atoms with E-state index < -0.39 is 0 Å². The Bertz CT molecular complexity index is 629. The van der Waals surface area contributed by atoms with Gasteiger partial charge < -0.3 is 5.32 Å².